The normalized spacial score (nSPS) is 21.2. The summed E-state index contributed by atoms with van der Waals surface area (Å²) in [5, 5.41) is 15.3. The molecule has 0 aromatic heterocycles. The molecule has 3 N–H and O–H groups in total. The molecule has 0 radical (unpaired) electrons. The average molecular weight is 592 g/mol. The third kappa shape index (κ3) is 6.04. The van der Waals surface area contributed by atoms with Gasteiger partial charge in [-0.15, -0.1) is 0 Å². The lowest BCUT2D eigenvalue weighted by molar-refractivity contribution is 0.343. The lowest BCUT2D eigenvalue weighted by Crippen LogP contribution is -2.61. The van der Waals surface area contributed by atoms with Crippen molar-refractivity contribution in [3.8, 4) is 0 Å². The molecule has 1 heterocycles. The molecule has 2 aliphatic rings. The molecule has 1 saturated heterocycles. The van der Waals surface area contributed by atoms with E-state index in [0.29, 0.717) is 11.6 Å². The van der Waals surface area contributed by atoms with E-state index in [1.165, 1.54) is 41.0 Å². The molecule has 1 saturated carbocycles. The van der Waals surface area contributed by atoms with E-state index in [2.05, 4.69) is 144 Å². The molecule has 2 fully saturated rings. The summed E-state index contributed by atoms with van der Waals surface area (Å²) in [5.41, 5.74) is 2.63. The predicted molar refractivity (Wildman–Crippen MR) is 183 cm³/mol. The highest BCUT2D eigenvalue weighted by atomic mass is 32.1. The topological polar surface area (TPSA) is 36.1 Å². The van der Waals surface area contributed by atoms with Gasteiger partial charge < -0.3 is 16.0 Å². The van der Waals surface area contributed by atoms with Crippen molar-refractivity contribution in [1.82, 2.24) is 16.0 Å². The number of benzene rings is 4. The van der Waals surface area contributed by atoms with Gasteiger partial charge in [0.05, 0.1) is 0 Å². The van der Waals surface area contributed by atoms with Crippen molar-refractivity contribution in [1.29, 1.82) is 0 Å². The smallest absolute Gasteiger partial charge is 0.167 e. The van der Waals surface area contributed by atoms with Crippen LogP contribution in [0.25, 0.3) is 0 Å². The summed E-state index contributed by atoms with van der Waals surface area (Å²) in [6, 6.07) is 44.6. The van der Waals surface area contributed by atoms with Crippen LogP contribution in [0.1, 0.15) is 50.2 Å². The monoisotopic (exact) mass is 591 g/mol. The van der Waals surface area contributed by atoms with Gasteiger partial charge in [-0.2, -0.15) is 0 Å². The standard InChI is InChI=1S/C37H42N3PS/c1-28(33-24-14-25-34(33)41(31-20-10-4-11-21-31)32-22-12-5-13-23-32)39-36(42)40-37(35-26-15-27-38-35,29-16-6-2-7-17-29)30-18-8-3-9-19-30/h2-13,16-23,28,33-35,38H,14-15,24-27H2,1H3,(H2,39,40,42)/t28-,33?,34?,35?/m1/s1. The largest absolute Gasteiger partial charge is 0.360 e. The minimum Gasteiger partial charge on any atom is -0.360 e. The van der Waals surface area contributed by atoms with Crippen molar-refractivity contribution in [2.45, 2.75) is 62.3 Å². The van der Waals surface area contributed by atoms with E-state index in [0.717, 1.165) is 24.5 Å². The fraction of sp³-hybridized carbons (Fsp3) is 0.324. The number of hydrogen-bond acceptors (Lipinski definition) is 2. The minimum absolute atomic E-state index is 0.237. The maximum absolute atomic E-state index is 6.20. The second-order valence-electron chi connectivity index (χ2n) is 11.8. The first kappa shape index (κ1) is 29.1. The van der Waals surface area contributed by atoms with Crippen LogP contribution in [0, 0.1) is 5.92 Å². The van der Waals surface area contributed by atoms with Crippen LogP contribution in [-0.2, 0) is 5.54 Å². The Balaban J connectivity index is 1.28. The third-order valence-electron chi connectivity index (χ3n) is 9.28. The van der Waals surface area contributed by atoms with Crippen LogP contribution in [0.5, 0.6) is 0 Å². The molecule has 5 heteroatoms. The van der Waals surface area contributed by atoms with Crippen molar-refractivity contribution in [3.63, 3.8) is 0 Å². The fourth-order valence-electron chi connectivity index (χ4n) is 7.37. The minimum atomic E-state index is -0.469. The van der Waals surface area contributed by atoms with Gasteiger partial charge in [0.15, 0.2) is 5.11 Å². The molecule has 3 nitrogen and oxygen atoms in total. The van der Waals surface area contributed by atoms with Gasteiger partial charge >= 0.3 is 0 Å². The van der Waals surface area contributed by atoms with Crippen LogP contribution in [0.2, 0.25) is 0 Å². The fourth-order valence-corrected chi connectivity index (χ4v) is 11.0. The van der Waals surface area contributed by atoms with E-state index in [1.54, 1.807) is 0 Å². The Kier molecular flexibility index (Phi) is 9.34. The van der Waals surface area contributed by atoms with Gasteiger partial charge in [0, 0.05) is 12.1 Å². The Morgan fingerprint density at radius 2 is 1.26 bits per heavy atom. The van der Waals surface area contributed by atoms with E-state index < -0.39 is 13.5 Å². The van der Waals surface area contributed by atoms with Crippen molar-refractivity contribution in [2.75, 3.05) is 6.54 Å². The van der Waals surface area contributed by atoms with Gasteiger partial charge in [0.1, 0.15) is 5.54 Å². The van der Waals surface area contributed by atoms with Gasteiger partial charge in [-0.1, -0.05) is 128 Å². The zero-order valence-electron chi connectivity index (χ0n) is 24.5. The van der Waals surface area contributed by atoms with E-state index in [4.69, 9.17) is 12.2 Å². The highest BCUT2D eigenvalue weighted by Gasteiger charge is 2.45. The molecule has 0 spiro atoms. The maximum atomic E-state index is 6.20. The highest BCUT2D eigenvalue weighted by Crippen LogP contribution is 2.51. The van der Waals surface area contributed by atoms with Crippen LogP contribution in [0.3, 0.4) is 0 Å². The average Bonchev–Trinajstić information content (AvgIpc) is 3.76. The molecule has 1 aliphatic heterocycles. The first-order chi connectivity index (χ1) is 20.7. The summed E-state index contributed by atoms with van der Waals surface area (Å²) in [7, 11) is -0.469. The number of nitrogens with one attached hydrogen (secondary N) is 3. The van der Waals surface area contributed by atoms with E-state index >= 15 is 0 Å². The zero-order chi connectivity index (χ0) is 28.8. The molecular formula is C37H42N3PS. The third-order valence-corrected chi connectivity index (χ3v) is 12.5. The van der Waals surface area contributed by atoms with Crippen LogP contribution in [-0.4, -0.2) is 29.4 Å². The molecule has 0 bridgehead atoms. The van der Waals surface area contributed by atoms with Crippen molar-refractivity contribution < 1.29 is 0 Å². The van der Waals surface area contributed by atoms with E-state index in [1.807, 2.05) is 0 Å². The molecule has 42 heavy (non-hydrogen) atoms. The van der Waals surface area contributed by atoms with Crippen molar-refractivity contribution in [2.24, 2.45) is 5.92 Å². The first-order valence-electron chi connectivity index (χ1n) is 15.5. The van der Waals surface area contributed by atoms with Gasteiger partial charge in [0.25, 0.3) is 0 Å². The summed E-state index contributed by atoms with van der Waals surface area (Å²) in [6.07, 6.45) is 6.02. The Bertz CT molecular complexity index is 1330. The molecule has 0 amide bonds. The number of rotatable bonds is 9. The van der Waals surface area contributed by atoms with Gasteiger partial charge in [-0.25, -0.2) is 0 Å². The zero-order valence-corrected chi connectivity index (χ0v) is 26.2. The molecule has 6 rings (SSSR count). The molecule has 4 aromatic carbocycles. The number of hydrogen-bond donors (Lipinski definition) is 3. The molecule has 1 aliphatic carbocycles. The van der Waals surface area contributed by atoms with Crippen molar-refractivity contribution in [3.05, 3.63) is 132 Å². The second-order valence-corrected chi connectivity index (χ2v) is 14.6. The van der Waals surface area contributed by atoms with Crippen LogP contribution in [0.15, 0.2) is 121 Å². The number of thiocarbonyl (C=S) groups is 1. The second kappa shape index (κ2) is 13.5. The maximum Gasteiger partial charge on any atom is 0.167 e. The summed E-state index contributed by atoms with van der Waals surface area (Å²) >= 11 is 6.20. The molecule has 4 atom stereocenters. The Morgan fingerprint density at radius 3 is 1.76 bits per heavy atom. The van der Waals surface area contributed by atoms with Gasteiger partial charge in [0.2, 0.25) is 0 Å². The lowest BCUT2D eigenvalue weighted by Gasteiger charge is -2.43. The summed E-state index contributed by atoms with van der Waals surface area (Å²) in [6.45, 7) is 3.37. The van der Waals surface area contributed by atoms with E-state index in [-0.39, 0.29) is 12.1 Å². The van der Waals surface area contributed by atoms with Crippen LogP contribution in [0.4, 0.5) is 0 Å². The summed E-state index contributed by atoms with van der Waals surface area (Å²) in [4.78, 5) is 0. The summed E-state index contributed by atoms with van der Waals surface area (Å²) < 4.78 is 0. The molecule has 4 aromatic rings. The molecule has 216 valence electrons. The van der Waals surface area contributed by atoms with Crippen LogP contribution >= 0.6 is 20.1 Å². The summed E-state index contributed by atoms with van der Waals surface area (Å²) in [5.74, 6) is 0.545. The Morgan fingerprint density at radius 1 is 0.738 bits per heavy atom. The van der Waals surface area contributed by atoms with Gasteiger partial charge in [-0.05, 0) is 92.6 Å². The quantitative estimate of drug-likeness (QED) is 0.147. The Hall–Kier alpha value is -3.04. The predicted octanol–water partition coefficient (Wildman–Crippen LogP) is 6.84. The lowest BCUT2D eigenvalue weighted by atomic mass is 9.76. The Labute approximate surface area is 258 Å². The highest BCUT2D eigenvalue weighted by molar-refractivity contribution is 7.80. The molecular weight excluding hydrogens is 549 g/mol. The molecule has 3 unspecified atom stereocenters. The van der Waals surface area contributed by atoms with Crippen molar-refractivity contribution >= 4 is 35.9 Å². The SMILES string of the molecule is C[C@@H](NC(=S)NC(c1ccccc1)(c1ccccc1)C1CCCN1)C1CCCC1P(c1ccccc1)c1ccccc1. The first-order valence-corrected chi connectivity index (χ1v) is 17.3. The van der Waals surface area contributed by atoms with Gasteiger partial charge in [-0.3, -0.25) is 0 Å². The van der Waals surface area contributed by atoms with Crippen LogP contribution < -0.4 is 26.6 Å². The van der Waals surface area contributed by atoms with E-state index in [9.17, 15) is 0 Å².